The van der Waals surface area contributed by atoms with Gasteiger partial charge in [-0.2, -0.15) is 0 Å². The molecule has 2 atom stereocenters. The van der Waals surface area contributed by atoms with E-state index in [-0.39, 0.29) is 11.4 Å². The molecule has 2 N–H and O–H groups in total. The molecule has 1 saturated heterocycles. The maximum Gasteiger partial charge on any atom is 0.339 e. The molecular formula is C19H25ClNO3+. The van der Waals surface area contributed by atoms with Crippen LogP contribution < -0.4 is 10.5 Å². The van der Waals surface area contributed by atoms with Crippen molar-refractivity contribution in [2.75, 3.05) is 13.1 Å². The lowest BCUT2D eigenvalue weighted by atomic mass is 9.98. The normalized spacial score (nSPS) is 21.3. The van der Waals surface area contributed by atoms with Gasteiger partial charge in [0.25, 0.3) is 0 Å². The van der Waals surface area contributed by atoms with Gasteiger partial charge in [-0.1, -0.05) is 25.4 Å². The van der Waals surface area contributed by atoms with E-state index in [0.29, 0.717) is 40.6 Å². The minimum absolute atomic E-state index is 0.0432. The minimum atomic E-state index is -0.313. The molecule has 1 aliphatic heterocycles. The van der Waals surface area contributed by atoms with Gasteiger partial charge in [-0.05, 0) is 37.8 Å². The lowest BCUT2D eigenvalue weighted by Crippen LogP contribution is -3.12. The zero-order valence-electron chi connectivity index (χ0n) is 14.5. The molecule has 1 aromatic carbocycles. The van der Waals surface area contributed by atoms with Gasteiger partial charge in [0, 0.05) is 16.9 Å². The van der Waals surface area contributed by atoms with E-state index in [1.807, 2.05) is 13.8 Å². The number of aromatic hydroxyl groups is 1. The Morgan fingerprint density at radius 1 is 1.42 bits per heavy atom. The van der Waals surface area contributed by atoms with Crippen molar-refractivity contribution in [1.82, 2.24) is 0 Å². The third kappa shape index (κ3) is 3.05. The molecule has 1 aliphatic rings. The molecule has 4 nitrogen and oxygen atoms in total. The number of benzene rings is 1. The van der Waals surface area contributed by atoms with Crippen molar-refractivity contribution in [3.63, 3.8) is 0 Å². The highest BCUT2D eigenvalue weighted by molar-refractivity contribution is 6.33. The molecule has 1 aromatic heterocycles. The van der Waals surface area contributed by atoms with Gasteiger partial charge in [-0.3, -0.25) is 0 Å². The van der Waals surface area contributed by atoms with Crippen LogP contribution in [0.5, 0.6) is 5.75 Å². The van der Waals surface area contributed by atoms with Crippen molar-refractivity contribution < 1.29 is 14.4 Å². The predicted octanol–water partition coefficient (Wildman–Crippen LogP) is 2.84. The summed E-state index contributed by atoms with van der Waals surface area (Å²) in [7, 11) is 0. The van der Waals surface area contributed by atoms with Crippen molar-refractivity contribution in [2.24, 2.45) is 5.92 Å². The highest BCUT2D eigenvalue weighted by atomic mass is 35.5. The van der Waals surface area contributed by atoms with Gasteiger partial charge in [-0.25, -0.2) is 4.79 Å². The second-order valence-electron chi connectivity index (χ2n) is 7.04. The molecule has 5 heteroatoms. The number of phenols is 1. The second kappa shape index (κ2) is 6.77. The number of hydrogen-bond donors (Lipinski definition) is 2. The molecule has 2 heterocycles. The summed E-state index contributed by atoms with van der Waals surface area (Å²) in [5.74, 6) is 0.712. The van der Waals surface area contributed by atoms with Crippen molar-refractivity contribution in [3.8, 4) is 5.75 Å². The molecule has 0 radical (unpaired) electrons. The topological polar surface area (TPSA) is 54.9 Å². The van der Waals surface area contributed by atoms with Crippen LogP contribution in [0.2, 0.25) is 5.02 Å². The summed E-state index contributed by atoms with van der Waals surface area (Å²) in [6.07, 6.45) is 3.05. The molecule has 0 bridgehead atoms. The van der Waals surface area contributed by atoms with E-state index < -0.39 is 0 Å². The Hall–Kier alpha value is -1.52. The first-order chi connectivity index (χ1) is 11.4. The van der Waals surface area contributed by atoms with E-state index in [9.17, 15) is 9.90 Å². The highest BCUT2D eigenvalue weighted by Gasteiger charge is 2.25. The standard InChI is InChI=1S/C19H24ClNO3/c1-4-13-12(3)14-8-16(20)17(22)15(18(14)24-19(13)23)10-21-7-5-6-11(2)9-21/h8,11,22H,4-7,9-10H2,1-3H3/p+1/t11-/m1/s1. The van der Waals surface area contributed by atoms with Gasteiger partial charge in [0.05, 0.1) is 23.7 Å². The van der Waals surface area contributed by atoms with Crippen molar-refractivity contribution in [1.29, 1.82) is 0 Å². The summed E-state index contributed by atoms with van der Waals surface area (Å²) >= 11 is 6.27. The molecule has 1 fully saturated rings. The second-order valence-corrected chi connectivity index (χ2v) is 7.44. The maximum absolute atomic E-state index is 12.3. The fraction of sp³-hybridized carbons (Fsp3) is 0.526. The number of halogens is 1. The van der Waals surface area contributed by atoms with Crippen LogP contribution in [0.1, 0.15) is 43.4 Å². The Labute approximate surface area is 147 Å². The Morgan fingerprint density at radius 2 is 2.17 bits per heavy atom. The molecule has 2 aromatic rings. The van der Waals surface area contributed by atoms with Gasteiger partial charge in [0.15, 0.2) is 5.58 Å². The summed E-state index contributed by atoms with van der Waals surface area (Å²) < 4.78 is 5.61. The average Bonchev–Trinajstić information content (AvgIpc) is 2.54. The van der Waals surface area contributed by atoms with Crippen LogP contribution in [0, 0.1) is 12.8 Å². The first-order valence-corrected chi connectivity index (χ1v) is 9.10. The van der Waals surface area contributed by atoms with E-state index in [0.717, 1.165) is 24.0 Å². The zero-order chi connectivity index (χ0) is 17.4. The van der Waals surface area contributed by atoms with Gasteiger partial charge in [0.2, 0.25) is 0 Å². The molecule has 3 rings (SSSR count). The Morgan fingerprint density at radius 3 is 2.83 bits per heavy atom. The van der Waals surface area contributed by atoms with Gasteiger partial charge < -0.3 is 14.4 Å². The fourth-order valence-corrected chi connectivity index (χ4v) is 4.14. The Balaban J connectivity index is 2.15. The average molecular weight is 351 g/mol. The van der Waals surface area contributed by atoms with Gasteiger partial charge >= 0.3 is 5.63 Å². The number of nitrogens with one attached hydrogen (secondary N) is 1. The lowest BCUT2D eigenvalue weighted by molar-refractivity contribution is -0.922. The van der Waals surface area contributed by atoms with Crippen molar-refractivity contribution >= 4 is 22.6 Å². The molecule has 1 unspecified atom stereocenters. The maximum atomic E-state index is 12.3. The molecule has 24 heavy (non-hydrogen) atoms. The Kier molecular flexibility index (Phi) is 4.88. The Bertz CT molecular complexity index is 828. The summed E-state index contributed by atoms with van der Waals surface area (Å²) in [4.78, 5) is 13.7. The summed E-state index contributed by atoms with van der Waals surface area (Å²) in [6, 6.07) is 1.71. The first kappa shape index (κ1) is 17.3. The first-order valence-electron chi connectivity index (χ1n) is 8.72. The number of rotatable bonds is 3. The van der Waals surface area contributed by atoms with Crippen LogP contribution in [-0.4, -0.2) is 18.2 Å². The quantitative estimate of drug-likeness (QED) is 0.837. The highest BCUT2D eigenvalue weighted by Crippen LogP contribution is 2.35. The number of piperidine rings is 1. The minimum Gasteiger partial charge on any atom is -0.506 e. The van der Waals surface area contributed by atoms with E-state index in [4.69, 9.17) is 16.0 Å². The molecule has 0 saturated carbocycles. The SMILES string of the molecule is CCc1c(C)c2cc(Cl)c(O)c(C[NH+]3CCC[C@@H](C)C3)c2oc1=O. The van der Waals surface area contributed by atoms with E-state index >= 15 is 0 Å². The largest absolute Gasteiger partial charge is 0.506 e. The van der Waals surface area contributed by atoms with Crippen LogP contribution in [0.4, 0.5) is 0 Å². The van der Waals surface area contributed by atoms with E-state index in [1.165, 1.54) is 17.7 Å². The zero-order valence-corrected chi connectivity index (χ0v) is 15.3. The molecule has 0 amide bonds. The van der Waals surface area contributed by atoms with Gasteiger partial charge in [-0.15, -0.1) is 0 Å². The number of fused-ring (bicyclic) bond motifs is 1. The van der Waals surface area contributed by atoms with Crippen LogP contribution >= 0.6 is 11.6 Å². The third-order valence-corrected chi connectivity index (χ3v) is 5.53. The molecule has 0 aliphatic carbocycles. The molecule has 0 spiro atoms. The summed E-state index contributed by atoms with van der Waals surface area (Å²) in [5.41, 5.74) is 2.40. The van der Waals surface area contributed by atoms with Crippen molar-refractivity contribution in [2.45, 2.75) is 46.6 Å². The number of quaternary nitrogens is 1. The smallest absolute Gasteiger partial charge is 0.339 e. The molecule has 130 valence electrons. The van der Waals surface area contributed by atoms with Gasteiger partial charge in [0.1, 0.15) is 12.3 Å². The molecular weight excluding hydrogens is 326 g/mol. The summed E-state index contributed by atoms with van der Waals surface area (Å²) in [5, 5.41) is 11.6. The van der Waals surface area contributed by atoms with Crippen LogP contribution in [0.3, 0.4) is 0 Å². The number of aryl methyl sites for hydroxylation is 1. The fourth-order valence-electron chi connectivity index (χ4n) is 3.92. The number of phenolic OH excluding ortho intramolecular Hbond substituents is 1. The predicted molar refractivity (Wildman–Crippen MR) is 96.1 cm³/mol. The third-order valence-electron chi connectivity index (χ3n) is 5.24. The monoisotopic (exact) mass is 350 g/mol. The van der Waals surface area contributed by atoms with Crippen molar-refractivity contribution in [3.05, 3.63) is 38.2 Å². The lowest BCUT2D eigenvalue weighted by Gasteiger charge is -2.28. The van der Waals surface area contributed by atoms with Crippen LogP contribution in [0.15, 0.2) is 15.3 Å². The van der Waals surface area contributed by atoms with Crippen LogP contribution in [0.25, 0.3) is 11.0 Å². The summed E-state index contributed by atoms with van der Waals surface area (Å²) in [6.45, 7) is 8.87. The van der Waals surface area contributed by atoms with E-state index in [1.54, 1.807) is 6.07 Å². The number of hydrogen-bond acceptors (Lipinski definition) is 3. The van der Waals surface area contributed by atoms with E-state index in [2.05, 4.69) is 6.92 Å². The van der Waals surface area contributed by atoms with Crippen LogP contribution in [-0.2, 0) is 13.0 Å². The number of likely N-dealkylation sites (tertiary alicyclic amines) is 1.